The molecule has 0 aliphatic heterocycles. The van der Waals surface area contributed by atoms with Crippen LogP contribution in [0.5, 0.6) is 5.75 Å². The average Bonchev–Trinajstić information content (AvgIpc) is 3.43. The number of carbonyl (C=O) groups is 1. The number of nitrogens with one attached hydrogen (secondary N) is 1. The van der Waals surface area contributed by atoms with Gasteiger partial charge in [0.25, 0.3) is 0 Å². The molecule has 1 heterocycles. The first kappa shape index (κ1) is 23.4. The second kappa shape index (κ2) is 9.03. The highest BCUT2D eigenvalue weighted by Crippen LogP contribution is 2.33. The van der Waals surface area contributed by atoms with Crippen LogP contribution in [0.4, 0.5) is 23.7 Å². The van der Waals surface area contributed by atoms with Gasteiger partial charge in [-0.25, -0.2) is 14.5 Å². The normalized spacial score (nSPS) is 14.2. The number of rotatable bonds is 5. The zero-order valence-electron chi connectivity index (χ0n) is 19.1. The Hall–Kier alpha value is -4.34. The molecule has 4 aromatic rings. The first-order chi connectivity index (χ1) is 17.2. The van der Waals surface area contributed by atoms with Crippen LogP contribution >= 0.6 is 0 Å². The number of alkyl halides is 3. The van der Waals surface area contributed by atoms with E-state index in [9.17, 15) is 18.0 Å². The molecule has 0 saturated heterocycles. The topological polar surface area (TPSA) is 78.3 Å². The second-order valence-electron chi connectivity index (χ2n) is 8.72. The number of aromatic nitrogens is 3. The van der Waals surface area contributed by atoms with Gasteiger partial charge in [0.15, 0.2) is 5.82 Å². The Labute approximate surface area is 204 Å². The highest BCUT2D eigenvalue weighted by Gasteiger charge is 2.36. The smallest absolute Gasteiger partial charge is 0.442 e. The summed E-state index contributed by atoms with van der Waals surface area (Å²) in [5.74, 6) is 0.0932. The molecule has 0 fully saturated rings. The van der Waals surface area contributed by atoms with E-state index in [2.05, 4.69) is 20.1 Å². The number of ether oxygens (including phenoxy) is 2. The van der Waals surface area contributed by atoms with Crippen LogP contribution < -0.4 is 10.1 Å². The molecular weight excluding hydrogens is 473 g/mol. The Balaban J connectivity index is 1.20. The van der Waals surface area contributed by atoms with Crippen molar-refractivity contribution < 1.29 is 27.4 Å². The van der Waals surface area contributed by atoms with Gasteiger partial charge in [0.1, 0.15) is 17.7 Å². The van der Waals surface area contributed by atoms with Gasteiger partial charge in [-0.1, -0.05) is 24.3 Å². The van der Waals surface area contributed by atoms with Gasteiger partial charge in [-0.05, 0) is 66.6 Å². The van der Waals surface area contributed by atoms with Crippen LogP contribution in [0, 0.1) is 0 Å². The van der Waals surface area contributed by atoms with Crippen LogP contribution in [-0.2, 0) is 17.6 Å². The summed E-state index contributed by atoms with van der Waals surface area (Å²) < 4.78 is 48.1. The number of halogens is 3. The van der Waals surface area contributed by atoms with Crippen molar-refractivity contribution in [3.05, 3.63) is 90.3 Å². The van der Waals surface area contributed by atoms with Gasteiger partial charge in [0.05, 0.1) is 5.69 Å². The fourth-order valence-corrected chi connectivity index (χ4v) is 4.23. The molecule has 0 bridgehead atoms. The Morgan fingerprint density at radius 3 is 2.22 bits per heavy atom. The minimum Gasteiger partial charge on any atom is -0.442 e. The Kier molecular flexibility index (Phi) is 5.87. The minimum atomic E-state index is -4.75. The second-order valence-corrected chi connectivity index (χ2v) is 8.72. The Morgan fingerprint density at radius 1 is 0.972 bits per heavy atom. The SMILES string of the molecule is CC1(OC(=O)Nc2ccc(-c3ncn(-c4ccc(OC(F)(F)F)cc4)n3)cc2)Cc2ccccc2C1. The highest BCUT2D eigenvalue weighted by atomic mass is 19.4. The quantitative estimate of drug-likeness (QED) is 0.372. The number of hydrogen-bond acceptors (Lipinski definition) is 5. The fourth-order valence-electron chi connectivity index (χ4n) is 4.23. The van der Waals surface area contributed by atoms with E-state index in [0.717, 1.165) is 0 Å². The summed E-state index contributed by atoms with van der Waals surface area (Å²) in [7, 11) is 0. The van der Waals surface area contributed by atoms with Crippen molar-refractivity contribution in [2.45, 2.75) is 31.7 Å². The molecule has 1 aliphatic carbocycles. The van der Waals surface area contributed by atoms with Crippen LogP contribution in [0.3, 0.4) is 0 Å². The van der Waals surface area contributed by atoms with Crippen molar-refractivity contribution in [2.75, 3.05) is 5.32 Å². The maximum Gasteiger partial charge on any atom is 0.573 e. The molecule has 5 rings (SSSR count). The predicted octanol–water partition coefficient (Wildman–Crippen LogP) is 5.94. The van der Waals surface area contributed by atoms with E-state index >= 15 is 0 Å². The number of benzene rings is 3. The number of amides is 1. The van der Waals surface area contributed by atoms with Gasteiger partial charge in [-0.15, -0.1) is 18.3 Å². The molecule has 7 nitrogen and oxygen atoms in total. The Bertz CT molecular complexity index is 1360. The third-order valence-corrected chi connectivity index (χ3v) is 5.80. The molecule has 1 N–H and O–H groups in total. The Morgan fingerprint density at radius 2 is 1.61 bits per heavy atom. The van der Waals surface area contributed by atoms with Gasteiger partial charge in [-0.3, -0.25) is 5.32 Å². The summed E-state index contributed by atoms with van der Waals surface area (Å²) >= 11 is 0. The van der Waals surface area contributed by atoms with Crippen molar-refractivity contribution in [1.29, 1.82) is 0 Å². The maximum atomic E-state index is 12.5. The highest BCUT2D eigenvalue weighted by molar-refractivity contribution is 5.85. The molecule has 0 unspecified atom stereocenters. The van der Waals surface area contributed by atoms with E-state index in [-0.39, 0.29) is 5.75 Å². The molecule has 184 valence electrons. The van der Waals surface area contributed by atoms with Gasteiger partial charge in [0, 0.05) is 24.1 Å². The molecule has 0 atom stereocenters. The summed E-state index contributed by atoms with van der Waals surface area (Å²) in [6.45, 7) is 1.93. The largest absolute Gasteiger partial charge is 0.573 e. The van der Waals surface area contributed by atoms with Crippen LogP contribution in [-0.4, -0.2) is 32.8 Å². The lowest BCUT2D eigenvalue weighted by Crippen LogP contribution is -2.34. The average molecular weight is 494 g/mol. The zero-order valence-corrected chi connectivity index (χ0v) is 19.1. The van der Waals surface area contributed by atoms with Crippen molar-refractivity contribution >= 4 is 11.8 Å². The third-order valence-electron chi connectivity index (χ3n) is 5.80. The van der Waals surface area contributed by atoms with Crippen molar-refractivity contribution in [3.8, 4) is 22.8 Å². The summed E-state index contributed by atoms with van der Waals surface area (Å²) in [6, 6.07) is 20.3. The summed E-state index contributed by atoms with van der Waals surface area (Å²) in [5.41, 5.74) is 3.56. The summed E-state index contributed by atoms with van der Waals surface area (Å²) in [5, 5.41) is 7.13. The molecule has 1 aromatic heterocycles. The lowest BCUT2D eigenvalue weighted by atomic mass is 10.0. The van der Waals surface area contributed by atoms with Gasteiger partial charge in [-0.2, -0.15) is 0 Å². The summed E-state index contributed by atoms with van der Waals surface area (Å²) in [4.78, 5) is 16.8. The van der Waals surface area contributed by atoms with E-state index < -0.39 is 18.1 Å². The molecule has 1 amide bonds. The van der Waals surface area contributed by atoms with Crippen LogP contribution in [0.25, 0.3) is 17.1 Å². The van der Waals surface area contributed by atoms with E-state index in [0.29, 0.717) is 35.6 Å². The number of hydrogen-bond donors (Lipinski definition) is 1. The van der Waals surface area contributed by atoms with E-state index in [1.165, 1.54) is 46.4 Å². The first-order valence-electron chi connectivity index (χ1n) is 11.1. The van der Waals surface area contributed by atoms with E-state index in [1.807, 2.05) is 31.2 Å². The molecule has 0 saturated carbocycles. The number of fused-ring (bicyclic) bond motifs is 1. The maximum absolute atomic E-state index is 12.5. The zero-order chi connectivity index (χ0) is 25.3. The van der Waals surface area contributed by atoms with Crippen molar-refractivity contribution in [3.63, 3.8) is 0 Å². The van der Waals surface area contributed by atoms with E-state index in [4.69, 9.17) is 4.74 Å². The minimum absolute atomic E-state index is 0.320. The molecule has 3 aromatic carbocycles. The number of carbonyl (C=O) groups excluding carboxylic acids is 1. The lowest BCUT2D eigenvalue weighted by Gasteiger charge is -2.24. The monoisotopic (exact) mass is 494 g/mol. The van der Waals surface area contributed by atoms with Gasteiger partial charge in [0.2, 0.25) is 0 Å². The third kappa shape index (κ3) is 5.32. The molecule has 36 heavy (non-hydrogen) atoms. The van der Waals surface area contributed by atoms with E-state index in [1.54, 1.807) is 24.3 Å². The standard InChI is InChI=1S/C26H21F3N4O3/c1-25(14-18-4-2-3-5-19(18)15-25)36-24(34)31-20-8-6-17(7-9-20)23-30-16-33(32-23)21-10-12-22(13-11-21)35-26(27,28)29/h2-13,16H,14-15H2,1H3,(H,31,34). The molecule has 0 radical (unpaired) electrons. The first-order valence-corrected chi connectivity index (χ1v) is 11.1. The molecule has 0 spiro atoms. The number of anilines is 1. The van der Waals surface area contributed by atoms with Crippen LogP contribution in [0.15, 0.2) is 79.1 Å². The fraction of sp³-hybridized carbons (Fsp3) is 0.192. The van der Waals surface area contributed by atoms with Crippen molar-refractivity contribution in [1.82, 2.24) is 14.8 Å². The molecular formula is C26H21F3N4O3. The van der Waals surface area contributed by atoms with Gasteiger partial charge >= 0.3 is 12.5 Å². The van der Waals surface area contributed by atoms with Crippen LogP contribution in [0.1, 0.15) is 18.1 Å². The molecule has 10 heteroatoms. The van der Waals surface area contributed by atoms with Crippen LogP contribution in [0.2, 0.25) is 0 Å². The number of nitrogens with zero attached hydrogens (tertiary/aromatic N) is 3. The predicted molar refractivity (Wildman–Crippen MR) is 126 cm³/mol. The van der Waals surface area contributed by atoms with Crippen molar-refractivity contribution in [2.24, 2.45) is 0 Å². The van der Waals surface area contributed by atoms with Gasteiger partial charge < -0.3 is 9.47 Å². The molecule has 1 aliphatic rings. The lowest BCUT2D eigenvalue weighted by molar-refractivity contribution is -0.274. The summed E-state index contributed by atoms with van der Waals surface area (Å²) in [6.07, 6.45) is -2.48.